The molecule has 1 aromatic carbocycles. The number of likely N-dealkylation sites (tertiary alicyclic amines) is 1. The molecule has 41 heavy (non-hydrogen) atoms. The molecule has 2 saturated heterocycles. The predicted molar refractivity (Wildman–Crippen MR) is 158 cm³/mol. The van der Waals surface area contributed by atoms with E-state index in [-0.39, 0.29) is 35.4 Å². The third-order valence-electron chi connectivity index (χ3n) is 9.28. The van der Waals surface area contributed by atoms with E-state index in [0.717, 1.165) is 45.6 Å². The van der Waals surface area contributed by atoms with Crippen LogP contribution in [0, 0.1) is 17.7 Å². The van der Waals surface area contributed by atoms with Crippen molar-refractivity contribution >= 4 is 33.9 Å². The number of carbonyl (C=O) groups excluding carboxylic acids is 2. The van der Waals surface area contributed by atoms with Crippen molar-refractivity contribution < 1.29 is 14.0 Å². The van der Waals surface area contributed by atoms with Crippen molar-refractivity contribution in [3.05, 3.63) is 65.4 Å². The van der Waals surface area contributed by atoms with Crippen molar-refractivity contribution in [1.29, 1.82) is 0 Å². The number of amides is 1. The quantitative estimate of drug-likeness (QED) is 0.288. The van der Waals surface area contributed by atoms with Gasteiger partial charge in [-0.05, 0) is 68.2 Å². The first kappa shape index (κ1) is 26.5. The molecule has 1 saturated carbocycles. The van der Waals surface area contributed by atoms with E-state index >= 15 is 0 Å². The van der Waals surface area contributed by atoms with Gasteiger partial charge in [-0.1, -0.05) is 13.8 Å². The number of carbonyl (C=O) groups is 2. The van der Waals surface area contributed by atoms with Crippen LogP contribution < -0.4 is 5.32 Å². The Morgan fingerprint density at radius 3 is 2.68 bits per heavy atom. The van der Waals surface area contributed by atoms with Crippen LogP contribution in [0.4, 0.5) is 4.39 Å². The second-order valence-electron chi connectivity index (χ2n) is 12.1. The average Bonchev–Trinajstić information content (AvgIpc) is 3.80. The Morgan fingerprint density at radius 2 is 1.95 bits per heavy atom. The third kappa shape index (κ3) is 4.59. The second kappa shape index (κ2) is 10.4. The van der Waals surface area contributed by atoms with Crippen molar-refractivity contribution in [3.63, 3.8) is 0 Å². The highest BCUT2D eigenvalue weighted by Gasteiger charge is 2.44. The largest absolute Gasteiger partial charge is 0.341 e. The smallest absolute Gasteiger partial charge is 0.240 e. The maximum Gasteiger partial charge on any atom is 0.240 e. The molecule has 4 aromatic rings. The fourth-order valence-corrected chi connectivity index (χ4v) is 8.12. The minimum absolute atomic E-state index is 0.0499. The molecule has 0 spiro atoms. The molecule has 9 heteroatoms. The Hall–Kier alpha value is -3.43. The van der Waals surface area contributed by atoms with Crippen LogP contribution in [0.3, 0.4) is 0 Å². The topological polar surface area (TPSA) is 80.1 Å². The Labute approximate surface area is 242 Å². The highest BCUT2D eigenvalue weighted by atomic mass is 32.1. The molecule has 1 N–H and O–H groups in total. The maximum atomic E-state index is 14.6. The van der Waals surface area contributed by atoms with Gasteiger partial charge in [-0.2, -0.15) is 0 Å². The van der Waals surface area contributed by atoms with E-state index in [2.05, 4.69) is 29.1 Å². The maximum absolute atomic E-state index is 14.6. The molecule has 1 amide bonds. The van der Waals surface area contributed by atoms with Crippen molar-refractivity contribution in [3.8, 4) is 16.1 Å². The zero-order valence-corrected chi connectivity index (χ0v) is 24.2. The summed E-state index contributed by atoms with van der Waals surface area (Å²) >= 11 is 1.49. The number of hydrogen-bond donors (Lipinski definition) is 1. The first-order valence-corrected chi connectivity index (χ1v) is 15.5. The molecule has 0 unspecified atom stereocenters. The highest BCUT2D eigenvalue weighted by molar-refractivity contribution is 7.13. The first-order valence-electron chi connectivity index (χ1n) is 14.7. The SMILES string of the molecule is CC(C)c1ncsc1-c1cc(F)ccc1-n1cc(C(=O)C2CCN(C(=O)[C@H]3N[C@@H]4CC[C@H]3C4)CC2)c2ccncc21. The van der Waals surface area contributed by atoms with Gasteiger partial charge in [0.15, 0.2) is 5.78 Å². The van der Waals surface area contributed by atoms with E-state index < -0.39 is 0 Å². The Kier molecular flexibility index (Phi) is 6.74. The molecular weight excluding hydrogens is 537 g/mol. The van der Waals surface area contributed by atoms with Crippen LogP contribution >= 0.6 is 11.3 Å². The molecule has 3 atom stereocenters. The number of piperidine rings is 2. The minimum atomic E-state index is -0.320. The van der Waals surface area contributed by atoms with Crippen molar-refractivity contribution in [2.45, 2.75) is 64.0 Å². The van der Waals surface area contributed by atoms with Crippen LogP contribution in [0.5, 0.6) is 0 Å². The third-order valence-corrected chi connectivity index (χ3v) is 10.2. The molecule has 5 heterocycles. The van der Waals surface area contributed by atoms with E-state index in [1.54, 1.807) is 30.0 Å². The predicted octanol–water partition coefficient (Wildman–Crippen LogP) is 5.97. The van der Waals surface area contributed by atoms with Crippen LogP contribution in [0.2, 0.25) is 0 Å². The number of fused-ring (bicyclic) bond motifs is 3. The zero-order valence-electron chi connectivity index (χ0n) is 23.3. The lowest BCUT2D eigenvalue weighted by Gasteiger charge is -2.35. The lowest BCUT2D eigenvalue weighted by Crippen LogP contribution is -2.51. The first-order chi connectivity index (χ1) is 19.9. The van der Waals surface area contributed by atoms with Gasteiger partial charge in [0.25, 0.3) is 0 Å². The van der Waals surface area contributed by atoms with E-state index in [4.69, 9.17) is 0 Å². The molecule has 1 aliphatic carbocycles. The number of aromatic nitrogens is 3. The number of thiazole rings is 1. The summed E-state index contributed by atoms with van der Waals surface area (Å²) in [7, 11) is 0. The van der Waals surface area contributed by atoms with Crippen LogP contribution in [0.25, 0.3) is 27.0 Å². The van der Waals surface area contributed by atoms with Gasteiger partial charge >= 0.3 is 0 Å². The average molecular weight is 572 g/mol. The van der Waals surface area contributed by atoms with Gasteiger partial charge < -0.3 is 14.8 Å². The minimum Gasteiger partial charge on any atom is -0.341 e. The van der Waals surface area contributed by atoms with Crippen molar-refractivity contribution in [2.75, 3.05) is 13.1 Å². The summed E-state index contributed by atoms with van der Waals surface area (Å²) in [5, 5.41) is 4.35. The van der Waals surface area contributed by atoms with Gasteiger partial charge in [-0.15, -0.1) is 11.3 Å². The van der Waals surface area contributed by atoms with Crippen molar-refractivity contribution in [2.24, 2.45) is 11.8 Å². The number of benzene rings is 1. The molecule has 0 radical (unpaired) electrons. The summed E-state index contributed by atoms with van der Waals surface area (Å²) in [5.74, 6) is 0.475. The molecule has 2 bridgehead atoms. The van der Waals surface area contributed by atoms with E-state index in [0.29, 0.717) is 43.5 Å². The summed E-state index contributed by atoms with van der Waals surface area (Å²) in [4.78, 5) is 39.0. The zero-order chi connectivity index (χ0) is 28.2. The lowest BCUT2D eigenvalue weighted by molar-refractivity contribution is -0.135. The monoisotopic (exact) mass is 571 g/mol. The van der Waals surface area contributed by atoms with Crippen molar-refractivity contribution in [1.82, 2.24) is 24.8 Å². The number of nitrogens with zero attached hydrogens (tertiary/aromatic N) is 4. The number of rotatable bonds is 6. The number of nitrogens with one attached hydrogen (secondary N) is 1. The van der Waals surface area contributed by atoms with Crippen LogP contribution in [0.15, 0.2) is 48.4 Å². The van der Waals surface area contributed by atoms with Crippen LogP contribution in [-0.2, 0) is 4.79 Å². The molecule has 3 fully saturated rings. The number of halogens is 1. The summed E-state index contributed by atoms with van der Waals surface area (Å²) in [5.41, 5.74) is 5.70. The van der Waals surface area contributed by atoms with Gasteiger partial charge in [0.2, 0.25) is 5.91 Å². The summed E-state index contributed by atoms with van der Waals surface area (Å²) in [6.45, 7) is 5.37. The second-order valence-corrected chi connectivity index (χ2v) is 12.9. The van der Waals surface area contributed by atoms with Gasteiger partial charge in [0.1, 0.15) is 5.82 Å². The molecule has 7 rings (SSSR count). The molecule has 3 aromatic heterocycles. The molecule has 212 valence electrons. The summed E-state index contributed by atoms with van der Waals surface area (Å²) in [6, 6.07) is 7.10. The van der Waals surface area contributed by atoms with E-state index in [1.807, 2.05) is 21.7 Å². The molecule has 7 nitrogen and oxygen atoms in total. The fraction of sp³-hybridized carbons (Fsp3) is 0.438. The normalized spacial score (nSPS) is 22.7. The number of Topliss-reactive ketones (excluding diaryl/α,β-unsaturated/α-hetero) is 1. The number of hydrogen-bond acceptors (Lipinski definition) is 6. The molecule has 2 aliphatic heterocycles. The van der Waals surface area contributed by atoms with Gasteiger partial charge in [-0.25, -0.2) is 9.37 Å². The fourth-order valence-electron chi connectivity index (χ4n) is 7.15. The Balaban J connectivity index is 1.18. The van der Waals surface area contributed by atoms with Crippen LogP contribution in [0.1, 0.15) is 67.9 Å². The van der Waals surface area contributed by atoms with E-state index in [9.17, 15) is 14.0 Å². The highest BCUT2D eigenvalue weighted by Crippen LogP contribution is 2.39. The van der Waals surface area contributed by atoms with E-state index in [1.165, 1.54) is 23.8 Å². The van der Waals surface area contributed by atoms with Gasteiger partial charge in [0.05, 0.1) is 39.5 Å². The standard InChI is InChI=1S/C32H34FN5O2S/c1-18(2)28-31(41-17-35-28)24-14-21(33)4-6-26(24)38-16-25(23-7-10-34-15-27(23)38)30(39)19-8-11-37(12-9-19)32(40)29-20-3-5-22(13-20)36-29/h4,6-7,10,14-20,22,29,36H,3,5,8-9,11-13H2,1-2H3/t20-,22+,29-/m0/s1. The van der Waals surface area contributed by atoms with Gasteiger partial charge in [0, 0.05) is 54.0 Å². The van der Waals surface area contributed by atoms with Gasteiger partial charge in [-0.3, -0.25) is 14.6 Å². The summed E-state index contributed by atoms with van der Waals surface area (Å²) in [6.07, 6.45) is 10.1. The molecular formula is C32H34FN5O2S. The lowest BCUT2D eigenvalue weighted by atomic mass is 9.88. The Morgan fingerprint density at radius 1 is 1.12 bits per heavy atom. The number of ketones is 1. The molecule has 3 aliphatic rings. The summed E-state index contributed by atoms with van der Waals surface area (Å²) < 4.78 is 16.6. The Bertz CT molecular complexity index is 1640. The van der Waals surface area contributed by atoms with Crippen LogP contribution in [-0.4, -0.2) is 56.3 Å². The number of pyridine rings is 1.